The number of carboxylic acids is 1. The molecule has 0 aromatic heterocycles. The standard InChI is InChI=1S/C23H33NO3/c1-16(2)13-18-8-10-19(11-9-18)23(5)14-21(25)24(12-6-7-22(26)27)15-20(23)17(3)4/h8-11,15-17H,6-7,12-14H2,1-5H3,(H,26,27). The quantitative estimate of drug-likeness (QED) is 0.715. The van der Waals surface area contributed by atoms with Gasteiger partial charge in [-0.25, -0.2) is 0 Å². The molecule has 1 amide bonds. The average Bonchev–Trinajstić information content (AvgIpc) is 2.56. The van der Waals surface area contributed by atoms with Crippen molar-refractivity contribution in [1.29, 1.82) is 0 Å². The summed E-state index contributed by atoms with van der Waals surface area (Å²) in [7, 11) is 0. The van der Waals surface area contributed by atoms with Gasteiger partial charge in [0.25, 0.3) is 0 Å². The second-order valence-corrected chi connectivity index (χ2v) is 8.63. The maximum atomic E-state index is 12.8. The Hall–Kier alpha value is -2.10. The molecule has 1 unspecified atom stereocenters. The Morgan fingerprint density at radius 3 is 2.33 bits per heavy atom. The lowest BCUT2D eigenvalue weighted by Crippen LogP contribution is -2.42. The molecule has 1 heterocycles. The van der Waals surface area contributed by atoms with Crippen LogP contribution in [0.4, 0.5) is 0 Å². The first-order valence-electron chi connectivity index (χ1n) is 9.96. The Kier molecular flexibility index (Phi) is 6.85. The summed E-state index contributed by atoms with van der Waals surface area (Å²) in [5.41, 5.74) is 3.41. The zero-order valence-electron chi connectivity index (χ0n) is 17.3. The lowest BCUT2D eigenvalue weighted by atomic mass is 9.68. The molecule has 0 radical (unpaired) electrons. The average molecular weight is 372 g/mol. The summed E-state index contributed by atoms with van der Waals surface area (Å²) in [5, 5.41) is 8.84. The van der Waals surface area contributed by atoms with Crippen LogP contribution in [0.15, 0.2) is 36.0 Å². The molecule has 0 saturated carbocycles. The Balaban J connectivity index is 2.28. The van der Waals surface area contributed by atoms with E-state index in [9.17, 15) is 9.59 Å². The van der Waals surface area contributed by atoms with Crippen molar-refractivity contribution in [3.05, 3.63) is 47.2 Å². The van der Waals surface area contributed by atoms with Crippen LogP contribution in [-0.4, -0.2) is 28.4 Å². The molecule has 0 aliphatic carbocycles. The molecular weight excluding hydrogens is 338 g/mol. The maximum absolute atomic E-state index is 12.8. The molecule has 1 aliphatic heterocycles. The number of benzene rings is 1. The number of carbonyl (C=O) groups excluding carboxylic acids is 1. The number of allylic oxidation sites excluding steroid dienone is 1. The van der Waals surface area contributed by atoms with E-state index in [1.54, 1.807) is 4.90 Å². The Morgan fingerprint density at radius 2 is 1.81 bits per heavy atom. The number of carboxylic acid groups (broad SMARTS) is 1. The number of aliphatic carboxylic acids is 1. The maximum Gasteiger partial charge on any atom is 0.303 e. The van der Waals surface area contributed by atoms with E-state index in [1.165, 1.54) is 16.7 Å². The van der Waals surface area contributed by atoms with Crippen LogP contribution < -0.4 is 0 Å². The number of nitrogens with zero attached hydrogens (tertiary/aromatic N) is 1. The van der Waals surface area contributed by atoms with Crippen molar-refractivity contribution < 1.29 is 14.7 Å². The third-order valence-electron chi connectivity index (χ3n) is 5.40. The Bertz CT molecular complexity index is 703. The summed E-state index contributed by atoms with van der Waals surface area (Å²) in [6.07, 6.45) is 4.01. The summed E-state index contributed by atoms with van der Waals surface area (Å²) in [6, 6.07) is 8.70. The van der Waals surface area contributed by atoms with Crippen molar-refractivity contribution in [3.8, 4) is 0 Å². The van der Waals surface area contributed by atoms with Crippen LogP contribution >= 0.6 is 0 Å². The molecule has 1 aromatic carbocycles. The second-order valence-electron chi connectivity index (χ2n) is 8.63. The molecule has 1 aliphatic rings. The second kappa shape index (κ2) is 8.73. The zero-order valence-corrected chi connectivity index (χ0v) is 17.3. The molecule has 0 fully saturated rings. The van der Waals surface area contributed by atoms with Gasteiger partial charge in [-0.1, -0.05) is 58.9 Å². The molecule has 1 aromatic rings. The zero-order chi connectivity index (χ0) is 20.2. The summed E-state index contributed by atoms with van der Waals surface area (Å²) < 4.78 is 0. The van der Waals surface area contributed by atoms with Crippen LogP contribution in [0.1, 0.15) is 65.0 Å². The minimum absolute atomic E-state index is 0.0681. The van der Waals surface area contributed by atoms with Gasteiger partial charge in [0, 0.05) is 31.0 Å². The molecule has 1 atom stereocenters. The molecule has 2 rings (SSSR count). The van der Waals surface area contributed by atoms with Gasteiger partial charge in [0.2, 0.25) is 5.91 Å². The highest BCUT2D eigenvalue weighted by Crippen LogP contribution is 2.42. The van der Waals surface area contributed by atoms with Crippen molar-refractivity contribution >= 4 is 11.9 Å². The predicted octanol–water partition coefficient (Wildman–Crippen LogP) is 4.78. The molecule has 0 bridgehead atoms. The van der Waals surface area contributed by atoms with Crippen LogP contribution in [0.25, 0.3) is 0 Å². The van der Waals surface area contributed by atoms with Crippen LogP contribution in [0, 0.1) is 11.8 Å². The van der Waals surface area contributed by atoms with Gasteiger partial charge >= 0.3 is 5.97 Å². The van der Waals surface area contributed by atoms with Crippen LogP contribution in [0.5, 0.6) is 0 Å². The summed E-state index contributed by atoms with van der Waals surface area (Å²) >= 11 is 0. The fourth-order valence-corrected chi connectivity index (χ4v) is 4.01. The highest BCUT2D eigenvalue weighted by Gasteiger charge is 2.40. The van der Waals surface area contributed by atoms with Crippen molar-refractivity contribution in [2.45, 2.75) is 65.7 Å². The third kappa shape index (κ3) is 5.21. The van der Waals surface area contributed by atoms with Crippen molar-refractivity contribution in [1.82, 2.24) is 4.90 Å². The predicted molar refractivity (Wildman–Crippen MR) is 108 cm³/mol. The molecule has 1 N–H and O–H groups in total. The normalized spacial score (nSPS) is 20.3. The summed E-state index contributed by atoms with van der Waals surface area (Å²) in [4.78, 5) is 25.2. The first kappa shape index (κ1) is 21.2. The molecule has 0 spiro atoms. The summed E-state index contributed by atoms with van der Waals surface area (Å²) in [6.45, 7) is 11.4. The number of hydrogen-bond donors (Lipinski definition) is 1. The lowest BCUT2D eigenvalue weighted by molar-refractivity contribution is -0.138. The van der Waals surface area contributed by atoms with Gasteiger partial charge in [-0.3, -0.25) is 9.59 Å². The molecular formula is C23H33NO3. The SMILES string of the molecule is CC(C)Cc1ccc(C2(C)CC(=O)N(CCCC(=O)O)C=C2C(C)C)cc1. The van der Waals surface area contributed by atoms with Crippen LogP contribution in [-0.2, 0) is 21.4 Å². The topological polar surface area (TPSA) is 57.6 Å². The number of hydrogen-bond acceptors (Lipinski definition) is 2. The molecule has 4 nitrogen and oxygen atoms in total. The minimum Gasteiger partial charge on any atom is -0.481 e. The van der Waals surface area contributed by atoms with Crippen molar-refractivity contribution in [3.63, 3.8) is 0 Å². The summed E-state index contributed by atoms with van der Waals surface area (Å²) in [5.74, 6) is 0.172. The van der Waals surface area contributed by atoms with Gasteiger partial charge < -0.3 is 10.0 Å². The first-order chi connectivity index (χ1) is 12.6. The van der Waals surface area contributed by atoms with E-state index in [2.05, 4.69) is 58.9 Å². The molecule has 0 saturated heterocycles. The van der Waals surface area contributed by atoms with Crippen molar-refractivity contribution in [2.75, 3.05) is 6.54 Å². The van der Waals surface area contributed by atoms with Crippen molar-refractivity contribution in [2.24, 2.45) is 11.8 Å². The van der Waals surface area contributed by atoms with E-state index >= 15 is 0 Å². The van der Waals surface area contributed by atoms with E-state index in [0.29, 0.717) is 31.2 Å². The molecule has 148 valence electrons. The highest BCUT2D eigenvalue weighted by molar-refractivity contribution is 5.81. The Labute approximate surface area is 163 Å². The van der Waals surface area contributed by atoms with Gasteiger partial charge in [-0.2, -0.15) is 0 Å². The van der Waals surface area contributed by atoms with Crippen LogP contribution in [0.3, 0.4) is 0 Å². The number of rotatable bonds is 8. The van der Waals surface area contributed by atoms with E-state index in [-0.39, 0.29) is 17.7 Å². The van der Waals surface area contributed by atoms with Gasteiger partial charge in [-0.15, -0.1) is 0 Å². The lowest BCUT2D eigenvalue weighted by Gasteiger charge is -2.41. The van der Waals surface area contributed by atoms with E-state index < -0.39 is 5.97 Å². The van der Waals surface area contributed by atoms with E-state index in [4.69, 9.17) is 5.11 Å². The minimum atomic E-state index is -0.821. The first-order valence-corrected chi connectivity index (χ1v) is 9.96. The fraction of sp³-hybridized carbons (Fsp3) is 0.565. The Morgan fingerprint density at radius 1 is 1.19 bits per heavy atom. The number of amides is 1. The highest BCUT2D eigenvalue weighted by atomic mass is 16.4. The fourth-order valence-electron chi connectivity index (χ4n) is 4.01. The van der Waals surface area contributed by atoms with Gasteiger partial charge in [0.05, 0.1) is 0 Å². The van der Waals surface area contributed by atoms with Crippen LogP contribution in [0.2, 0.25) is 0 Å². The largest absolute Gasteiger partial charge is 0.481 e. The van der Waals surface area contributed by atoms with Gasteiger partial charge in [0.1, 0.15) is 0 Å². The van der Waals surface area contributed by atoms with Gasteiger partial charge in [-0.05, 0) is 41.4 Å². The van der Waals surface area contributed by atoms with Gasteiger partial charge in [0.15, 0.2) is 0 Å². The number of carbonyl (C=O) groups is 2. The molecule has 4 heteroatoms. The smallest absolute Gasteiger partial charge is 0.303 e. The monoisotopic (exact) mass is 371 g/mol. The van der Waals surface area contributed by atoms with E-state index in [1.807, 2.05) is 6.20 Å². The van der Waals surface area contributed by atoms with E-state index in [0.717, 1.165) is 6.42 Å². The molecule has 27 heavy (non-hydrogen) atoms. The third-order valence-corrected chi connectivity index (χ3v) is 5.40.